The minimum absolute atomic E-state index is 0.0518. The van der Waals surface area contributed by atoms with Crippen molar-refractivity contribution in [1.82, 2.24) is 10.4 Å². The van der Waals surface area contributed by atoms with Gasteiger partial charge in [-0.2, -0.15) is 13.2 Å². The van der Waals surface area contributed by atoms with Crippen LogP contribution in [0.3, 0.4) is 0 Å². The Kier molecular flexibility index (Phi) is 5.24. The molecule has 1 atom stereocenters. The fraction of sp³-hybridized carbons (Fsp3) is 0.222. The van der Waals surface area contributed by atoms with Crippen LogP contribution < -0.4 is 10.7 Å². The first kappa shape index (κ1) is 20.0. The molecule has 10 heteroatoms. The lowest BCUT2D eigenvalue weighted by Gasteiger charge is -2.20. The zero-order valence-electron chi connectivity index (χ0n) is 14.3. The molecule has 0 radical (unpaired) electrons. The molecular weight excluding hydrogens is 391 g/mol. The highest BCUT2D eigenvalue weighted by Crippen LogP contribution is 2.33. The van der Waals surface area contributed by atoms with Crippen LogP contribution in [0.4, 0.5) is 36.4 Å². The Bertz CT molecular complexity index is 901. The van der Waals surface area contributed by atoms with Gasteiger partial charge in [0.25, 0.3) is 0 Å². The number of rotatable bonds is 4. The normalized spacial score (nSPS) is 17.1. The average Bonchev–Trinajstić information content (AvgIpc) is 2.95. The third-order valence-electron chi connectivity index (χ3n) is 4.17. The van der Waals surface area contributed by atoms with E-state index in [2.05, 4.69) is 10.7 Å². The number of nitrogens with zero attached hydrogens (tertiary/aromatic N) is 1. The minimum Gasteiger partial charge on any atom is -0.381 e. The van der Waals surface area contributed by atoms with Gasteiger partial charge in [-0.05, 0) is 24.3 Å². The first-order valence-electron chi connectivity index (χ1n) is 8.02. The van der Waals surface area contributed by atoms with Crippen molar-refractivity contribution in [1.29, 1.82) is 0 Å². The number of benzene rings is 2. The Hall–Kier alpha value is -2.75. The molecule has 2 aromatic carbocycles. The van der Waals surface area contributed by atoms with Crippen LogP contribution in [0.2, 0.25) is 0 Å². The summed E-state index contributed by atoms with van der Waals surface area (Å²) in [4.78, 5) is 0. The predicted octanol–water partition coefficient (Wildman–Crippen LogP) is 4.58. The number of nitrogens with one attached hydrogen (secondary N) is 2. The van der Waals surface area contributed by atoms with Crippen molar-refractivity contribution < 1.29 is 30.7 Å². The van der Waals surface area contributed by atoms with E-state index in [-0.39, 0.29) is 23.5 Å². The third kappa shape index (κ3) is 4.06. The summed E-state index contributed by atoms with van der Waals surface area (Å²) in [5.74, 6) is -3.77. The molecule has 2 N–H and O–H groups in total. The maximum Gasteiger partial charge on any atom is 0.409 e. The molecule has 2 aromatic rings. The zero-order chi connectivity index (χ0) is 20.6. The predicted molar refractivity (Wildman–Crippen MR) is 88.8 cm³/mol. The average molecular weight is 405 g/mol. The van der Waals surface area contributed by atoms with Crippen LogP contribution in [0, 0.1) is 23.3 Å². The van der Waals surface area contributed by atoms with Gasteiger partial charge < -0.3 is 10.3 Å². The van der Waals surface area contributed by atoms with Crippen molar-refractivity contribution in [3.05, 3.63) is 70.8 Å². The molecule has 150 valence electrons. The molecule has 1 aliphatic heterocycles. The van der Waals surface area contributed by atoms with Crippen LogP contribution in [-0.2, 0) is 6.54 Å². The Balaban J connectivity index is 1.83. The van der Waals surface area contributed by atoms with Gasteiger partial charge in [0.05, 0.1) is 11.3 Å². The second kappa shape index (κ2) is 7.34. The number of hydrazine groups is 1. The topological polar surface area (TPSA) is 27.3 Å². The lowest BCUT2D eigenvalue weighted by atomic mass is 10.1. The highest BCUT2D eigenvalue weighted by molar-refractivity contribution is 5.69. The van der Waals surface area contributed by atoms with Crippen LogP contribution in [0.1, 0.15) is 11.1 Å². The molecule has 3 nitrogen and oxygen atoms in total. The van der Waals surface area contributed by atoms with Crippen LogP contribution >= 0.6 is 0 Å². The smallest absolute Gasteiger partial charge is 0.381 e. The molecule has 0 saturated heterocycles. The lowest BCUT2D eigenvalue weighted by Crippen LogP contribution is -2.42. The zero-order valence-corrected chi connectivity index (χ0v) is 14.3. The van der Waals surface area contributed by atoms with Crippen molar-refractivity contribution in [3.63, 3.8) is 0 Å². The fourth-order valence-electron chi connectivity index (χ4n) is 2.79. The van der Waals surface area contributed by atoms with Gasteiger partial charge in [0.1, 0.15) is 29.3 Å². The monoisotopic (exact) mass is 405 g/mol. The van der Waals surface area contributed by atoms with Crippen molar-refractivity contribution in [2.45, 2.75) is 18.8 Å². The van der Waals surface area contributed by atoms with Crippen LogP contribution in [0.15, 0.2) is 36.4 Å². The maximum absolute atomic E-state index is 14.4. The van der Waals surface area contributed by atoms with Crippen molar-refractivity contribution in [2.75, 3.05) is 12.4 Å². The van der Waals surface area contributed by atoms with E-state index < -0.39 is 41.1 Å². The van der Waals surface area contributed by atoms with Gasteiger partial charge in [0, 0.05) is 30.9 Å². The fourth-order valence-corrected chi connectivity index (χ4v) is 2.79. The number of alkyl halides is 3. The Morgan fingerprint density at radius 3 is 2.18 bits per heavy atom. The van der Waals surface area contributed by atoms with Crippen LogP contribution in [-0.4, -0.2) is 24.3 Å². The summed E-state index contributed by atoms with van der Waals surface area (Å²) >= 11 is 0. The van der Waals surface area contributed by atoms with E-state index in [9.17, 15) is 30.7 Å². The van der Waals surface area contributed by atoms with Gasteiger partial charge in [-0.15, -0.1) is 0 Å². The van der Waals surface area contributed by atoms with Crippen molar-refractivity contribution >= 4 is 11.4 Å². The Morgan fingerprint density at radius 1 is 1.00 bits per heavy atom. The van der Waals surface area contributed by atoms with Crippen LogP contribution in [0.25, 0.3) is 5.70 Å². The molecule has 1 unspecified atom stereocenters. The van der Waals surface area contributed by atoms with Gasteiger partial charge in [-0.25, -0.2) is 23.0 Å². The summed E-state index contributed by atoms with van der Waals surface area (Å²) in [6.07, 6.45) is -3.94. The number of hydrogen-bond donors (Lipinski definition) is 2. The summed E-state index contributed by atoms with van der Waals surface area (Å²) in [6.45, 7) is -0.176. The van der Waals surface area contributed by atoms with Crippen molar-refractivity contribution in [3.8, 4) is 0 Å². The van der Waals surface area contributed by atoms with E-state index in [1.165, 1.54) is 13.1 Å². The second-order valence-electron chi connectivity index (χ2n) is 6.16. The molecule has 0 fully saturated rings. The van der Waals surface area contributed by atoms with Gasteiger partial charge in [-0.1, -0.05) is 6.07 Å². The second-order valence-corrected chi connectivity index (χ2v) is 6.16. The number of hydrogen-bond acceptors (Lipinski definition) is 3. The lowest BCUT2D eigenvalue weighted by molar-refractivity contribution is -0.148. The molecule has 1 heterocycles. The molecule has 0 bridgehead atoms. The summed E-state index contributed by atoms with van der Waals surface area (Å²) in [6, 6.07) is 2.60. The number of anilines is 1. The molecule has 0 aliphatic carbocycles. The minimum atomic E-state index is -4.62. The molecule has 0 saturated carbocycles. The molecule has 0 spiro atoms. The summed E-state index contributed by atoms with van der Waals surface area (Å²) in [7, 11) is 1.21. The van der Waals surface area contributed by atoms with Crippen LogP contribution in [0.5, 0.6) is 0 Å². The van der Waals surface area contributed by atoms with Gasteiger partial charge in [0.2, 0.25) is 0 Å². The largest absolute Gasteiger partial charge is 0.409 e. The quantitative estimate of drug-likeness (QED) is 0.730. The highest BCUT2D eigenvalue weighted by atomic mass is 19.4. The Morgan fingerprint density at radius 2 is 1.64 bits per heavy atom. The van der Waals surface area contributed by atoms with E-state index >= 15 is 0 Å². The van der Waals surface area contributed by atoms with E-state index in [0.717, 1.165) is 23.2 Å². The van der Waals surface area contributed by atoms with Gasteiger partial charge in [-0.3, -0.25) is 0 Å². The molecule has 0 amide bonds. The molecule has 28 heavy (non-hydrogen) atoms. The highest BCUT2D eigenvalue weighted by Gasteiger charge is 2.43. The maximum atomic E-state index is 14.4. The van der Waals surface area contributed by atoms with Crippen molar-refractivity contribution in [2.24, 2.45) is 0 Å². The molecule has 1 aliphatic rings. The molecular formula is C18H14F7N3. The number of halogens is 7. The van der Waals surface area contributed by atoms with E-state index in [1.807, 2.05) is 0 Å². The van der Waals surface area contributed by atoms with E-state index in [4.69, 9.17) is 0 Å². The van der Waals surface area contributed by atoms with Gasteiger partial charge >= 0.3 is 6.18 Å². The SMILES string of the molecule is CN1NC(C(F)(F)F)C=C1c1c(F)cc(NCc2ccc(F)cc2F)cc1F. The third-order valence-corrected chi connectivity index (χ3v) is 4.17. The summed E-state index contributed by atoms with van der Waals surface area (Å²) < 4.78 is 93.9. The van der Waals surface area contributed by atoms with Gasteiger partial charge in [0.15, 0.2) is 0 Å². The summed E-state index contributed by atoms with van der Waals surface area (Å²) in [5, 5.41) is 3.48. The van der Waals surface area contributed by atoms with E-state index in [1.54, 1.807) is 0 Å². The summed E-state index contributed by atoms with van der Waals surface area (Å²) in [5.41, 5.74) is 1.16. The van der Waals surface area contributed by atoms with E-state index in [0.29, 0.717) is 12.1 Å². The standard InChI is InChI=1S/C18H14F7N3/c1-28-15(7-16(27-28)18(23,24)25)17-13(21)5-11(6-14(17)22)26-8-9-2-3-10(19)4-12(9)20/h2-7,16,26-27H,8H2,1H3. The molecule has 0 aromatic heterocycles. The first-order chi connectivity index (χ1) is 13.1. The Labute approximate surface area is 155 Å². The first-order valence-corrected chi connectivity index (χ1v) is 8.02. The molecule has 3 rings (SSSR count).